The number of nitrogens with two attached hydrogens (primary N) is 1. The van der Waals surface area contributed by atoms with Crippen molar-refractivity contribution >= 4 is 28.7 Å². The largest absolute Gasteiger partial charge is 0.444 e. The molecule has 0 radical (unpaired) electrons. The number of primary amides is 1. The summed E-state index contributed by atoms with van der Waals surface area (Å²) in [5.41, 5.74) is 7.70. The molecule has 6 nitrogen and oxygen atoms in total. The number of nitrogens with one attached hydrogen (secondary N) is 1. The Bertz CT molecular complexity index is 1310. The van der Waals surface area contributed by atoms with Gasteiger partial charge in [-0.25, -0.2) is 9.97 Å². The number of carbonyl (C=O) groups is 1. The van der Waals surface area contributed by atoms with Gasteiger partial charge in [0.2, 0.25) is 16.0 Å². The Balaban J connectivity index is 1.62. The quantitative estimate of drug-likeness (QED) is 0.352. The first-order valence-corrected chi connectivity index (χ1v) is 10.5. The summed E-state index contributed by atoms with van der Waals surface area (Å²) in [4.78, 5) is 19.4. The minimum absolute atomic E-state index is 0.0207. The minimum atomic E-state index is -4.59. The fourth-order valence-electron chi connectivity index (χ4n) is 3.09. The maximum absolute atomic E-state index is 13.3. The monoisotopic (exact) mass is 470 g/mol. The van der Waals surface area contributed by atoms with E-state index in [0.29, 0.717) is 39.5 Å². The second-order valence-electron chi connectivity index (χ2n) is 7.02. The number of hydrogen-bond donors (Lipinski definition) is 2. The molecule has 3 N–H and O–H groups in total. The van der Waals surface area contributed by atoms with Gasteiger partial charge >= 0.3 is 6.18 Å². The Morgan fingerprint density at radius 1 is 1.09 bits per heavy atom. The van der Waals surface area contributed by atoms with Crippen molar-refractivity contribution in [2.24, 2.45) is 5.73 Å². The summed E-state index contributed by atoms with van der Waals surface area (Å²) in [5.74, 6) is 0.164. The van der Waals surface area contributed by atoms with E-state index in [1.54, 1.807) is 61.5 Å². The predicted octanol–water partition coefficient (Wildman–Crippen LogP) is 6.17. The first kappa shape index (κ1) is 22.3. The van der Waals surface area contributed by atoms with E-state index in [-0.39, 0.29) is 16.5 Å². The Kier molecular flexibility index (Phi) is 6.01. The highest BCUT2D eigenvalue weighted by atomic mass is 32.1. The van der Waals surface area contributed by atoms with Crippen LogP contribution in [-0.4, -0.2) is 15.9 Å². The fourth-order valence-corrected chi connectivity index (χ4v) is 3.92. The highest BCUT2D eigenvalue weighted by Crippen LogP contribution is 2.44. The lowest BCUT2D eigenvalue weighted by Gasteiger charge is -2.10. The third kappa shape index (κ3) is 5.12. The van der Waals surface area contributed by atoms with Crippen LogP contribution in [-0.2, 0) is 6.18 Å². The molecular formula is C23H17F3N4O2S. The molecule has 0 aliphatic heterocycles. The van der Waals surface area contributed by atoms with Crippen LogP contribution in [0.25, 0.3) is 11.3 Å². The van der Waals surface area contributed by atoms with Crippen molar-refractivity contribution in [2.45, 2.75) is 13.1 Å². The van der Waals surface area contributed by atoms with Gasteiger partial charge in [0.15, 0.2) is 0 Å². The molecule has 2 aromatic heterocycles. The van der Waals surface area contributed by atoms with Gasteiger partial charge in [0.05, 0.1) is 0 Å². The van der Waals surface area contributed by atoms with Crippen LogP contribution >= 0.6 is 11.3 Å². The van der Waals surface area contributed by atoms with Crippen LogP contribution in [0.3, 0.4) is 0 Å². The number of halogens is 3. The summed E-state index contributed by atoms with van der Waals surface area (Å²) in [6.45, 7) is 1.76. The van der Waals surface area contributed by atoms with E-state index in [2.05, 4.69) is 15.3 Å². The molecule has 10 heteroatoms. The van der Waals surface area contributed by atoms with E-state index >= 15 is 0 Å². The highest BCUT2D eigenvalue weighted by molar-refractivity contribution is 7.14. The van der Waals surface area contributed by atoms with Crippen LogP contribution in [0.5, 0.6) is 10.8 Å². The summed E-state index contributed by atoms with van der Waals surface area (Å²) in [7, 11) is 0. The maximum Gasteiger partial charge on any atom is 0.443 e. The van der Waals surface area contributed by atoms with E-state index in [9.17, 15) is 18.0 Å². The molecule has 0 unspecified atom stereocenters. The van der Waals surface area contributed by atoms with Crippen molar-refractivity contribution in [3.63, 3.8) is 0 Å². The molecule has 2 heterocycles. The van der Waals surface area contributed by atoms with Crippen LogP contribution in [0, 0.1) is 6.92 Å². The lowest BCUT2D eigenvalue weighted by molar-refractivity contribution is -0.137. The first-order valence-electron chi connectivity index (χ1n) is 9.65. The lowest BCUT2D eigenvalue weighted by atomic mass is 10.1. The SMILES string of the molecule is Cc1cc(Nc2cc(Oc3sc(C(F)(F)F)nc3-c3ccccc3)ccn2)ccc1C(N)=O. The van der Waals surface area contributed by atoms with Crippen molar-refractivity contribution < 1.29 is 22.7 Å². The molecule has 0 saturated carbocycles. The third-order valence-corrected chi connectivity index (χ3v) is 5.57. The van der Waals surface area contributed by atoms with Crippen LogP contribution in [0.15, 0.2) is 66.9 Å². The number of nitrogens with zero attached hydrogens (tertiary/aromatic N) is 2. The van der Waals surface area contributed by atoms with Crippen LogP contribution in [0.4, 0.5) is 24.7 Å². The smallest absolute Gasteiger partial charge is 0.443 e. The van der Waals surface area contributed by atoms with E-state index in [4.69, 9.17) is 10.5 Å². The van der Waals surface area contributed by atoms with Crippen molar-refractivity contribution in [3.8, 4) is 22.1 Å². The maximum atomic E-state index is 13.3. The summed E-state index contributed by atoms with van der Waals surface area (Å²) < 4.78 is 45.7. The van der Waals surface area contributed by atoms with E-state index in [1.807, 2.05) is 0 Å². The number of benzene rings is 2. The Morgan fingerprint density at radius 2 is 1.85 bits per heavy atom. The average Bonchev–Trinajstić information content (AvgIpc) is 3.19. The van der Waals surface area contributed by atoms with Gasteiger partial charge in [0, 0.05) is 29.1 Å². The number of aryl methyl sites for hydroxylation is 1. The van der Waals surface area contributed by atoms with Crippen molar-refractivity contribution in [3.05, 3.63) is 83.0 Å². The van der Waals surface area contributed by atoms with Gasteiger partial charge in [0.1, 0.15) is 17.3 Å². The molecule has 0 atom stereocenters. The zero-order valence-electron chi connectivity index (χ0n) is 17.2. The third-order valence-electron chi connectivity index (χ3n) is 4.59. The number of aromatic nitrogens is 2. The van der Waals surface area contributed by atoms with Gasteiger partial charge in [-0.15, -0.1) is 0 Å². The van der Waals surface area contributed by atoms with E-state index in [1.165, 1.54) is 12.3 Å². The van der Waals surface area contributed by atoms with Crippen molar-refractivity contribution in [1.82, 2.24) is 9.97 Å². The van der Waals surface area contributed by atoms with Gasteiger partial charge in [-0.05, 0) is 36.8 Å². The topological polar surface area (TPSA) is 90.1 Å². The lowest BCUT2D eigenvalue weighted by Crippen LogP contribution is -2.12. The molecule has 0 fully saturated rings. The number of pyridine rings is 1. The Hall–Kier alpha value is -3.92. The number of alkyl halides is 3. The van der Waals surface area contributed by atoms with Gasteiger partial charge in [-0.3, -0.25) is 4.79 Å². The molecule has 168 valence electrons. The highest BCUT2D eigenvalue weighted by Gasteiger charge is 2.37. The standard InChI is InChI=1S/C23H17F3N4O2S/c1-13-11-15(7-8-17(13)20(27)31)29-18-12-16(9-10-28-18)32-21-19(14-5-3-2-4-6-14)30-22(33-21)23(24,25)26/h2-12H,1H3,(H2,27,31)(H,28,29). The molecule has 0 bridgehead atoms. The summed E-state index contributed by atoms with van der Waals surface area (Å²) in [6, 6.07) is 16.6. The van der Waals surface area contributed by atoms with Crippen molar-refractivity contribution in [1.29, 1.82) is 0 Å². The molecule has 0 aliphatic carbocycles. The number of rotatable bonds is 6. The normalized spacial score (nSPS) is 11.3. The molecule has 2 aromatic carbocycles. The fraction of sp³-hybridized carbons (Fsp3) is 0.0870. The molecule has 4 aromatic rings. The van der Waals surface area contributed by atoms with E-state index in [0.717, 1.165) is 0 Å². The zero-order chi connectivity index (χ0) is 23.6. The van der Waals surface area contributed by atoms with Crippen LogP contribution in [0.2, 0.25) is 0 Å². The van der Waals surface area contributed by atoms with Crippen LogP contribution < -0.4 is 15.8 Å². The number of anilines is 2. The molecule has 4 rings (SSSR count). The second kappa shape index (κ2) is 8.91. The molecule has 0 spiro atoms. The van der Waals surface area contributed by atoms with Gasteiger partial charge in [0.25, 0.3) is 0 Å². The van der Waals surface area contributed by atoms with Crippen molar-refractivity contribution in [2.75, 3.05) is 5.32 Å². The summed E-state index contributed by atoms with van der Waals surface area (Å²) in [5, 5.41) is 2.11. The number of thiazole rings is 1. The minimum Gasteiger partial charge on any atom is -0.444 e. The number of ether oxygens (including phenoxy) is 1. The number of amides is 1. The molecule has 33 heavy (non-hydrogen) atoms. The molecule has 1 amide bonds. The molecular weight excluding hydrogens is 453 g/mol. The van der Waals surface area contributed by atoms with Gasteiger partial charge < -0.3 is 15.8 Å². The Labute approximate surface area is 190 Å². The molecule has 0 aliphatic rings. The van der Waals surface area contributed by atoms with Crippen LogP contribution in [0.1, 0.15) is 20.9 Å². The van der Waals surface area contributed by atoms with Gasteiger partial charge in [-0.1, -0.05) is 41.7 Å². The number of hydrogen-bond acceptors (Lipinski definition) is 6. The summed E-state index contributed by atoms with van der Waals surface area (Å²) >= 11 is 0.429. The first-order chi connectivity index (χ1) is 15.7. The zero-order valence-corrected chi connectivity index (χ0v) is 18.0. The second-order valence-corrected chi connectivity index (χ2v) is 7.98. The Morgan fingerprint density at radius 3 is 2.52 bits per heavy atom. The predicted molar refractivity (Wildman–Crippen MR) is 120 cm³/mol. The van der Waals surface area contributed by atoms with E-state index < -0.39 is 17.1 Å². The summed E-state index contributed by atoms with van der Waals surface area (Å²) in [6.07, 6.45) is -3.12. The number of carbonyl (C=O) groups excluding carboxylic acids is 1. The average molecular weight is 470 g/mol. The van der Waals surface area contributed by atoms with Gasteiger partial charge in [-0.2, -0.15) is 13.2 Å². The molecule has 0 saturated heterocycles.